The van der Waals surface area contributed by atoms with Gasteiger partial charge in [-0.1, -0.05) is 10.8 Å². The lowest BCUT2D eigenvalue weighted by Crippen LogP contribution is -2.07. The van der Waals surface area contributed by atoms with E-state index >= 15 is 0 Å². The molecule has 0 aliphatic carbocycles. The maximum atomic E-state index is 9.88. The van der Waals surface area contributed by atoms with E-state index in [4.69, 9.17) is 5.11 Å². The Kier molecular flexibility index (Phi) is 2.29. The summed E-state index contributed by atoms with van der Waals surface area (Å²) in [5.74, 6) is 0. The zero-order chi connectivity index (χ0) is 6.69. The Balaban J connectivity index is 2.28. The summed E-state index contributed by atoms with van der Waals surface area (Å²) >= 11 is 0. The van der Waals surface area contributed by atoms with Crippen molar-refractivity contribution in [1.29, 1.82) is 0 Å². The van der Waals surface area contributed by atoms with Crippen LogP contribution in [0.1, 0.15) is 0 Å². The molecule has 1 atom stereocenters. The topological polar surface area (TPSA) is 46.5 Å². The zero-order valence-electron chi connectivity index (χ0n) is 4.31. The summed E-state index contributed by atoms with van der Waals surface area (Å²) in [6.45, 7) is 0. The van der Waals surface area contributed by atoms with Gasteiger partial charge in [0.15, 0.2) is 5.44 Å². The minimum absolute atomic E-state index is 0.313. The van der Waals surface area contributed by atoms with E-state index in [1.54, 1.807) is 11.5 Å². The number of ether oxygens (including phenoxy) is 1. The van der Waals surface area contributed by atoms with Gasteiger partial charge < -0.3 is 9.84 Å². The van der Waals surface area contributed by atoms with E-state index < -0.39 is 6.16 Å². The fraction of sp³-hybridized carbons (Fsp3) is 0.250. The van der Waals surface area contributed by atoms with Crippen molar-refractivity contribution in [2.45, 2.75) is 5.44 Å². The molecule has 0 aromatic carbocycles. The predicted octanol–water partition coefficient (Wildman–Crippen LogP) is 1.92. The predicted molar refractivity (Wildman–Crippen MR) is 37.2 cm³/mol. The van der Waals surface area contributed by atoms with Crippen LogP contribution in [-0.2, 0) is 4.74 Å². The maximum Gasteiger partial charge on any atom is 0.507 e. The van der Waals surface area contributed by atoms with Gasteiger partial charge in [0.05, 0.1) is 0 Å². The molecule has 1 aliphatic heterocycles. The summed E-state index contributed by atoms with van der Waals surface area (Å²) in [6.07, 6.45) is 0.475. The van der Waals surface area contributed by atoms with E-state index in [1.807, 2.05) is 0 Å². The summed E-state index contributed by atoms with van der Waals surface area (Å²) in [5.41, 5.74) is -0.313. The second-order valence-corrected chi connectivity index (χ2v) is 3.55. The highest BCUT2D eigenvalue weighted by atomic mass is 33.1. The van der Waals surface area contributed by atoms with Crippen LogP contribution in [0.15, 0.2) is 11.5 Å². The van der Waals surface area contributed by atoms with Gasteiger partial charge in [-0.3, -0.25) is 0 Å². The molecule has 5 heteroatoms. The van der Waals surface area contributed by atoms with Crippen LogP contribution in [0.4, 0.5) is 4.79 Å². The van der Waals surface area contributed by atoms with E-state index in [1.165, 1.54) is 21.6 Å². The minimum Gasteiger partial charge on any atom is -0.450 e. The third-order valence-electron chi connectivity index (χ3n) is 0.659. The Morgan fingerprint density at radius 2 is 2.56 bits per heavy atom. The molecule has 1 heterocycles. The monoisotopic (exact) mass is 164 g/mol. The van der Waals surface area contributed by atoms with Gasteiger partial charge in [0.25, 0.3) is 0 Å². The highest BCUT2D eigenvalue weighted by Gasteiger charge is 2.13. The molecule has 0 bridgehead atoms. The normalized spacial score (nSPS) is 24.2. The second kappa shape index (κ2) is 3.03. The molecule has 0 saturated heterocycles. The van der Waals surface area contributed by atoms with Gasteiger partial charge in [-0.25, -0.2) is 4.79 Å². The van der Waals surface area contributed by atoms with Gasteiger partial charge in [0.1, 0.15) is 0 Å². The van der Waals surface area contributed by atoms with Crippen LogP contribution in [0, 0.1) is 0 Å². The van der Waals surface area contributed by atoms with Gasteiger partial charge >= 0.3 is 6.16 Å². The highest BCUT2D eigenvalue weighted by Crippen LogP contribution is 2.35. The van der Waals surface area contributed by atoms with Gasteiger partial charge in [0.2, 0.25) is 0 Å². The molecule has 1 aliphatic rings. The van der Waals surface area contributed by atoms with Crippen molar-refractivity contribution in [1.82, 2.24) is 0 Å². The summed E-state index contributed by atoms with van der Waals surface area (Å²) in [6, 6.07) is 0. The molecule has 0 amide bonds. The van der Waals surface area contributed by atoms with Crippen molar-refractivity contribution in [2.75, 3.05) is 0 Å². The number of hydrogen-bond donors (Lipinski definition) is 1. The minimum atomic E-state index is -1.22. The van der Waals surface area contributed by atoms with Crippen molar-refractivity contribution in [3.63, 3.8) is 0 Å². The quantitative estimate of drug-likeness (QED) is 0.474. The third kappa shape index (κ3) is 2.19. The molecule has 9 heavy (non-hydrogen) atoms. The van der Waals surface area contributed by atoms with E-state index in [-0.39, 0.29) is 5.44 Å². The van der Waals surface area contributed by atoms with E-state index in [0.29, 0.717) is 0 Å². The van der Waals surface area contributed by atoms with Gasteiger partial charge in [-0.15, -0.1) is 0 Å². The molecule has 50 valence electrons. The van der Waals surface area contributed by atoms with Crippen LogP contribution in [0.2, 0.25) is 0 Å². The summed E-state index contributed by atoms with van der Waals surface area (Å²) < 4.78 is 4.38. The summed E-state index contributed by atoms with van der Waals surface area (Å²) in [7, 11) is 2.85. The van der Waals surface area contributed by atoms with Gasteiger partial charge in [-0.2, -0.15) is 0 Å². The molecule has 0 spiro atoms. The van der Waals surface area contributed by atoms with Crippen molar-refractivity contribution >= 4 is 27.7 Å². The fourth-order valence-electron chi connectivity index (χ4n) is 0.373. The fourth-order valence-corrected chi connectivity index (χ4v) is 2.14. The molecule has 1 unspecified atom stereocenters. The van der Waals surface area contributed by atoms with Crippen LogP contribution in [0.5, 0.6) is 0 Å². The molecule has 0 fully saturated rings. The Labute approximate surface area is 59.9 Å². The van der Waals surface area contributed by atoms with Crippen LogP contribution < -0.4 is 0 Å². The van der Waals surface area contributed by atoms with Crippen molar-refractivity contribution < 1.29 is 14.6 Å². The molecular weight excluding hydrogens is 160 g/mol. The molecule has 0 saturated carbocycles. The number of rotatable bonds is 1. The lowest BCUT2D eigenvalue weighted by Gasteiger charge is -2.02. The molecule has 3 nitrogen and oxygen atoms in total. The Bertz CT molecular complexity index is 145. The average molecular weight is 164 g/mol. The van der Waals surface area contributed by atoms with Crippen molar-refractivity contribution in [3.8, 4) is 0 Å². The second-order valence-electron chi connectivity index (χ2n) is 1.27. The summed E-state index contributed by atoms with van der Waals surface area (Å²) in [4.78, 5) is 9.88. The molecule has 1 rings (SSSR count). The maximum absolute atomic E-state index is 9.88. The Morgan fingerprint density at radius 3 is 3.00 bits per heavy atom. The third-order valence-corrected chi connectivity index (χ3v) is 2.72. The number of hydrogen-bond acceptors (Lipinski definition) is 4. The van der Waals surface area contributed by atoms with Gasteiger partial charge in [0, 0.05) is 0 Å². The molecule has 0 aromatic rings. The van der Waals surface area contributed by atoms with Crippen molar-refractivity contribution in [3.05, 3.63) is 11.5 Å². The smallest absolute Gasteiger partial charge is 0.450 e. The molecule has 0 radical (unpaired) electrons. The number of carboxylic acid groups (broad SMARTS) is 1. The molecule has 0 aromatic heterocycles. The first-order chi connectivity index (χ1) is 4.29. The lowest BCUT2D eigenvalue weighted by molar-refractivity contribution is 0.0941. The highest BCUT2D eigenvalue weighted by molar-refractivity contribution is 8.78. The Hall–Kier alpha value is -0.290. The van der Waals surface area contributed by atoms with Crippen LogP contribution in [0.3, 0.4) is 0 Å². The number of carbonyl (C=O) groups is 1. The van der Waals surface area contributed by atoms with Crippen molar-refractivity contribution in [2.24, 2.45) is 0 Å². The summed E-state index contributed by atoms with van der Waals surface area (Å²) in [5, 5.41) is 9.90. The van der Waals surface area contributed by atoms with Crippen LogP contribution >= 0.6 is 21.6 Å². The SMILES string of the molecule is O=C(O)OC1C=CSS1. The lowest BCUT2D eigenvalue weighted by atomic mass is 10.7. The zero-order valence-corrected chi connectivity index (χ0v) is 5.95. The largest absolute Gasteiger partial charge is 0.507 e. The van der Waals surface area contributed by atoms with E-state index in [0.717, 1.165) is 0 Å². The first kappa shape index (κ1) is 6.82. The van der Waals surface area contributed by atoms with Crippen LogP contribution in [0.25, 0.3) is 0 Å². The van der Waals surface area contributed by atoms with Crippen LogP contribution in [-0.4, -0.2) is 16.7 Å². The van der Waals surface area contributed by atoms with E-state index in [2.05, 4.69) is 4.74 Å². The van der Waals surface area contributed by atoms with Gasteiger partial charge in [-0.05, 0) is 22.3 Å². The average Bonchev–Trinajstić information content (AvgIpc) is 2.15. The first-order valence-electron chi connectivity index (χ1n) is 2.17. The Morgan fingerprint density at radius 1 is 1.78 bits per heavy atom. The molecular formula is C4H4O3S2. The van der Waals surface area contributed by atoms with E-state index in [9.17, 15) is 4.79 Å². The molecule has 1 N–H and O–H groups in total. The standard InChI is InChI=1S/C4H4O3S2/c5-4(6)7-3-1-2-8-9-3/h1-3H,(H,5,6). The first-order valence-corrected chi connectivity index (χ1v) is 4.45.